The van der Waals surface area contributed by atoms with Gasteiger partial charge in [-0.2, -0.15) is 13.2 Å². The number of carbonyl (C=O) groups is 1. The highest BCUT2D eigenvalue weighted by Gasteiger charge is 2.38. The molecule has 0 aliphatic carbocycles. The molecule has 1 saturated heterocycles. The molecule has 0 saturated carbocycles. The zero-order chi connectivity index (χ0) is 20.3. The maximum absolute atomic E-state index is 13.5. The normalized spacial score (nSPS) is 15.3. The number of alkyl halides is 3. The first-order valence-corrected chi connectivity index (χ1v) is 8.98. The Labute approximate surface area is 164 Å². The molecule has 2 N–H and O–H groups in total. The van der Waals surface area contributed by atoms with Crippen molar-refractivity contribution in [1.82, 2.24) is 15.3 Å². The molecule has 0 atom stereocenters. The summed E-state index contributed by atoms with van der Waals surface area (Å²) in [6.45, 7) is 2.62. The third-order valence-corrected chi connectivity index (χ3v) is 4.78. The van der Waals surface area contributed by atoms with E-state index in [0.29, 0.717) is 42.3 Å². The molecule has 0 unspecified atom stereocenters. The lowest BCUT2D eigenvalue weighted by molar-refractivity contribution is -0.141. The number of aromatic nitrogens is 2. The third kappa shape index (κ3) is 4.71. The molecule has 1 aliphatic heterocycles. The lowest BCUT2D eigenvalue weighted by Crippen LogP contribution is -2.39. The topological polar surface area (TPSA) is 76.1 Å². The molecule has 1 amide bonds. The van der Waals surface area contributed by atoms with E-state index in [2.05, 4.69) is 20.6 Å². The Morgan fingerprint density at radius 2 is 2.00 bits per heavy atom. The summed E-state index contributed by atoms with van der Waals surface area (Å²) in [6, 6.07) is 4.71. The molecule has 3 rings (SSSR count). The van der Waals surface area contributed by atoms with Crippen molar-refractivity contribution < 1.29 is 22.7 Å². The average Bonchev–Trinajstić information content (AvgIpc) is 2.65. The number of benzene rings is 1. The van der Waals surface area contributed by atoms with Gasteiger partial charge in [0.2, 0.25) is 5.95 Å². The molecule has 1 aromatic heterocycles. The lowest BCUT2D eigenvalue weighted by Gasteiger charge is -2.23. The van der Waals surface area contributed by atoms with Gasteiger partial charge in [0.15, 0.2) is 5.69 Å². The molecular weight excluding hydrogens is 397 g/mol. The number of hydrogen-bond donors (Lipinski definition) is 2. The minimum absolute atomic E-state index is 0.241. The molecule has 1 fully saturated rings. The number of carbonyl (C=O) groups excluding carboxylic acids is 1. The number of nitrogens with zero attached hydrogens (tertiary/aromatic N) is 2. The van der Waals surface area contributed by atoms with Crippen molar-refractivity contribution in [2.75, 3.05) is 18.5 Å². The van der Waals surface area contributed by atoms with Crippen LogP contribution < -0.4 is 10.6 Å². The molecule has 2 aromatic rings. The Morgan fingerprint density at radius 1 is 1.29 bits per heavy atom. The number of hydrogen-bond acceptors (Lipinski definition) is 5. The molecular formula is C18H18ClF3N4O2. The quantitative estimate of drug-likeness (QED) is 0.787. The van der Waals surface area contributed by atoms with E-state index in [1.54, 1.807) is 25.1 Å². The number of nitrogens with one attached hydrogen (secondary N) is 2. The number of rotatable bonds is 4. The Kier molecular flexibility index (Phi) is 6.04. The van der Waals surface area contributed by atoms with Gasteiger partial charge in [0, 0.05) is 36.2 Å². The third-order valence-electron chi connectivity index (χ3n) is 4.37. The van der Waals surface area contributed by atoms with Gasteiger partial charge in [0.05, 0.1) is 5.56 Å². The van der Waals surface area contributed by atoms with Gasteiger partial charge in [0.1, 0.15) is 0 Å². The molecule has 0 bridgehead atoms. The van der Waals surface area contributed by atoms with Gasteiger partial charge in [-0.15, -0.1) is 0 Å². The van der Waals surface area contributed by atoms with Crippen LogP contribution in [0.15, 0.2) is 24.4 Å². The zero-order valence-electron chi connectivity index (χ0n) is 14.9. The number of anilines is 2. The van der Waals surface area contributed by atoms with E-state index in [0.717, 1.165) is 6.20 Å². The van der Waals surface area contributed by atoms with Crippen molar-refractivity contribution in [3.8, 4) is 0 Å². The molecule has 0 radical (unpaired) electrons. The summed E-state index contributed by atoms with van der Waals surface area (Å²) in [4.78, 5) is 19.8. The zero-order valence-corrected chi connectivity index (χ0v) is 15.7. The fourth-order valence-electron chi connectivity index (χ4n) is 2.79. The first kappa shape index (κ1) is 20.3. The largest absolute Gasteiger partial charge is 0.434 e. The summed E-state index contributed by atoms with van der Waals surface area (Å²) in [5.74, 6) is -1.13. The van der Waals surface area contributed by atoms with E-state index in [-0.39, 0.29) is 12.0 Å². The van der Waals surface area contributed by atoms with E-state index in [4.69, 9.17) is 16.3 Å². The summed E-state index contributed by atoms with van der Waals surface area (Å²) in [7, 11) is 0. The van der Waals surface area contributed by atoms with Crippen molar-refractivity contribution in [2.24, 2.45) is 0 Å². The van der Waals surface area contributed by atoms with Crippen LogP contribution in [0.2, 0.25) is 5.02 Å². The van der Waals surface area contributed by atoms with E-state index < -0.39 is 23.3 Å². The first-order chi connectivity index (χ1) is 13.3. The number of amides is 1. The Bertz CT molecular complexity index is 870. The van der Waals surface area contributed by atoms with Gasteiger partial charge in [-0.05, 0) is 37.5 Å². The fraction of sp³-hybridized carbons (Fsp3) is 0.389. The van der Waals surface area contributed by atoms with Gasteiger partial charge in [0.25, 0.3) is 5.91 Å². The predicted molar refractivity (Wildman–Crippen MR) is 97.8 cm³/mol. The molecule has 6 nitrogen and oxygen atoms in total. The van der Waals surface area contributed by atoms with Crippen LogP contribution in [0.5, 0.6) is 0 Å². The standard InChI is InChI=1S/C18H18ClF3N4O2/c1-10-13(19)3-2-4-14(10)25-17-23-9-12(15(26-17)18(20,21)22)16(27)24-11-5-7-28-8-6-11/h2-4,9,11H,5-8H2,1H3,(H,24,27)(H,23,25,26). The van der Waals surface area contributed by atoms with Crippen LogP contribution in [0, 0.1) is 6.92 Å². The minimum Gasteiger partial charge on any atom is -0.381 e. The molecule has 1 aliphatic rings. The summed E-state index contributed by atoms with van der Waals surface area (Å²) in [6.07, 6.45) is -2.85. The monoisotopic (exact) mass is 414 g/mol. The van der Waals surface area contributed by atoms with Crippen LogP contribution in [-0.2, 0) is 10.9 Å². The molecule has 150 valence electrons. The highest BCUT2D eigenvalue weighted by molar-refractivity contribution is 6.31. The van der Waals surface area contributed by atoms with E-state index in [9.17, 15) is 18.0 Å². The highest BCUT2D eigenvalue weighted by atomic mass is 35.5. The molecule has 10 heteroatoms. The van der Waals surface area contributed by atoms with Crippen molar-refractivity contribution in [1.29, 1.82) is 0 Å². The van der Waals surface area contributed by atoms with Crippen LogP contribution in [0.1, 0.15) is 34.5 Å². The van der Waals surface area contributed by atoms with Gasteiger partial charge >= 0.3 is 6.18 Å². The maximum Gasteiger partial charge on any atom is 0.434 e. The summed E-state index contributed by atoms with van der Waals surface area (Å²) < 4.78 is 45.7. The maximum atomic E-state index is 13.5. The highest BCUT2D eigenvalue weighted by Crippen LogP contribution is 2.32. The van der Waals surface area contributed by atoms with Crippen LogP contribution in [0.25, 0.3) is 0 Å². The van der Waals surface area contributed by atoms with E-state index >= 15 is 0 Å². The number of halogens is 4. The molecule has 1 aromatic carbocycles. The minimum atomic E-state index is -4.81. The van der Waals surface area contributed by atoms with Crippen molar-refractivity contribution in [3.05, 3.63) is 46.2 Å². The second-order valence-corrected chi connectivity index (χ2v) is 6.76. The number of ether oxygens (including phenoxy) is 1. The lowest BCUT2D eigenvalue weighted by atomic mass is 10.1. The van der Waals surface area contributed by atoms with Crippen molar-refractivity contribution in [2.45, 2.75) is 32.0 Å². The summed E-state index contributed by atoms with van der Waals surface area (Å²) >= 11 is 6.02. The summed E-state index contributed by atoms with van der Waals surface area (Å²) in [5.41, 5.74) is -0.802. The van der Waals surface area contributed by atoms with Gasteiger partial charge in [-0.1, -0.05) is 17.7 Å². The Hall–Kier alpha value is -2.39. The van der Waals surface area contributed by atoms with Gasteiger partial charge < -0.3 is 15.4 Å². The van der Waals surface area contributed by atoms with Crippen LogP contribution in [0.3, 0.4) is 0 Å². The second-order valence-electron chi connectivity index (χ2n) is 6.35. The van der Waals surface area contributed by atoms with Crippen molar-refractivity contribution in [3.63, 3.8) is 0 Å². The van der Waals surface area contributed by atoms with Gasteiger partial charge in [-0.3, -0.25) is 4.79 Å². The van der Waals surface area contributed by atoms with Crippen molar-refractivity contribution >= 4 is 29.1 Å². The second kappa shape index (κ2) is 8.32. The molecule has 2 heterocycles. The molecule has 0 spiro atoms. The van der Waals surface area contributed by atoms with E-state index in [1.165, 1.54) is 0 Å². The smallest absolute Gasteiger partial charge is 0.381 e. The fourth-order valence-corrected chi connectivity index (χ4v) is 2.97. The van der Waals surface area contributed by atoms with E-state index in [1.807, 2.05) is 0 Å². The Morgan fingerprint density at radius 3 is 2.68 bits per heavy atom. The Balaban J connectivity index is 1.87. The van der Waals surface area contributed by atoms with Crippen LogP contribution in [-0.4, -0.2) is 35.1 Å². The average molecular weight is 415 g/mol. The summed E-state index contributed by atoms with van der Waals surface area (Å²) in [5, 5.41) is 5.77. The van der Waals surface area contributed by atoms with Gasteiger partial charge in [-0.25, -0.2) is 9.97 Å². The first-order valence-electron chi connectivity index (χ1n) is 8.60. The van der Waals surface area contributed by atoms with Crippen LogP contribution in [0.4, 0.5) is 24.8 Å². The SMILES string of the molecule is Cc1c(Cl)cccc1Nc1ncc(C(=O)NC2CCOCC2)c(C(F)(F)F)n1. The molecule has 28 heavy (non-hydrogen) atoms. The predicted octanol–water partition coefficient (Wildman–Crippen LogP) is 4.11. The van der Waals surface area contributed by atoms with Crippen LogP contribution >= 0.6 is 11.6 Å².